The van der Waals surface area contributed by atoms with Gasteiger partial charge >= 0.3 is 0 Å². The van der Waals surface area contributed by atoms with Gasteiger partial charge in [-0.05, 0) is 47.1 Å². The van der Waals surface area contributed by atoms with Gasteiger partial charge in [-0.25, -0.2) is 4.68 Å². The van der Waals surface area contributed by atoms with Crippen LogP contribution in [0.1, 0.15) is 25.6 Å². The molecule has 2 heterocycles. The predicted octanol–water partition coefficient (Wildman–Crippen LogP) is 2.35. The zero-order chi connectivity index (χ0) is 13.4. The highest BCUT2D eigenvalue weighted by Crippen LogP contribution is 2.22. The second-order valence-corrected chi connectivity index (χ2v) is 5.40. The molecule has 0 spiro atoms. The number of hydrogen-bond acceptors (Lipinski definition) is 3. The smallest absolute Gasteiger partial charge is 0.179 e. The van der Waals surface area contributed by atoms with Crippen molar-refractivity contribution in [3.8, 4) is 0 Å². The minimum atomic E-state index is 0.322. The molecule has 0 bridgehead atoms. The standard InChI is InChI=1S/C12H21N5S/c1-6-16-11-10(9(3)14-16)13-12(18)17(11)8(2)7-15(4)5/h8H,6-7H2,1-5H3,(H,13,18). The summed E-state index contributed by atoms with van der Waals surface area (Å²) in [7, 11) is 4.15. The average Bonchev–Trinajstić information content (AvgIpc) is 2.75. The van der Waals surface area contributed by atoms with Gasteiger partial charge in [0.2, 0.25) is 0 Å². The molecule has 1 atom stereocenters. The molecule has 6 heteroatoms. The predicted molar refractivity (Wildman–Crippen MR) is 76.6 cm³/mol. The van der Waals surface area contributed by atoms with Crippen LogP contribution in [0.2, 0.25) is 0 Å². The lowest BCUT2D eigenvalue weighted by Gasteiger charge is -2.19. The summed E-state index contributed by atoms with van der Waals surface area (Å²) in [5, 5.41) is 4.54. The molecule has 0 amide bonds. The highest BCUT2D eigenvalue weighted by atomic mass is 32.1. The Bertz CT molecular complexity index is 604. The van der Waals surface area contributed by atoms with E-state index < -0.39 is 0 Å². The third kappa shape index (κ3) is 2.10. The van der Waals surface area contributed by atoms with Crippen molar-refractivity contribution in [3.05, 3.63) is 10.5 Å². The lowest BCUT2D eigenvalue weighted by Crippen LogP contribution is -2.23. The number of likely N-dealkylation sites (N-methyl/N-ethyl adjacent to an activating group) is 1. The number of H-pyrrole nitrogens is 1. The van der Waals surface area contributed by atoms with Crippen LogP contribution in [-0.4, -0.2) is 44.9 Å². The second kappa shape index (κ2) is 4.85. The summed E-state index contributed by atoms with van der Waals surface area (Å²) >= 11 is 5.45. The summed E-state index contributed by atoms with van der Waals surface area (Å²) in [6.45, 7) is 8.11. The van der Waals surface area contributed by atoms with Gasteiger partial charge in [0.25, 0.3) is 0 Å². The van der Waals surface area contributed by atoms with Crippen LogP contribution in [-0.2, 0) is 6.54 Å². The molecule has 0 aromatic carbocycles. The van der Waals surface area contributed by atoms with E-state index in [4.69, 9.17) is 12.2 Å². The molecule has 1 N–H and O–H groups in total. The summed E-state index contributed by atoms with van der Waals surface area (Å²) in [5.41, 5.74) is 3.18. The molecule has 0 aliphatic rings. The Morgan fingerprint density at radius 2 is 2.11 bits per heavy atom. The van der Waals surface area contributed by atoms with E-state index in [-0.39, 0.29) is 0 Å². The first-order valence-corrected chi connectivity index (χ1v) is 6.68. The van der Waals surface area contributed by atoms with E-state index in [2.05, 4.69) is 47.5 Å². The van der Waals surface area contributed by atoms with E-state index in [1.807, 2.05) is 11.6 Å². The first-order valence-electron chi connectivity index (χ1n) is 6.28. The summed E-state index contributed by atoms with van der Waals surface area (Å²) in [6.07, 6.45) is 0. The molecule has 0 fully saturated rings. The fraction of sp³-hybridized carbons (Fsp3) is 0.667. The van der Waals surface area contributed by atoms with Crippen LogP contribution in [0, 0.1) is 11.7 Å². The van der Waals surface area contributed by atoms with E-state index in [1.165, 1.54) is 0 Å². The van der Waals surface area contributed by atoms with Crippen LogP contribution in [0.4, 0.5) is 0 Å². The van der Waals surface area contributed by atoms with Crippen LogP contribution in [0.15, 0.2) is 0 Å². The van der Waals surface area contributed by atoms with Crippen LogP contribution in [0.5, 0.6) is 0 Å². The molecule has 0 aliphatic heterocycles. The van der Waals surface area contributed by atoms with Crippen molar-refractivity contribution in [1.82, 2.24) is 24.2 Å². The Balaban J connectivity index is 2.62. The van der Waals surface area contributed by atoms with E-state index in [0.717, 1.165) is 34.7 Å². The Morgan fingerprint density at radius 3 is 2.67 bits per heavy atom. The maximum atomic E-state index is 5.45. The van der Waals surface area contributed by atoms with Crippen LogP contribution in [0.25, 0.3) is 11.2 Å². The normalized spacial score (nSPS) is 13.7. The molecule has 100 valence electrons. The van der Waals surface area contributed by atoms with Gasteiger partial charge in [-0.3, -0.25) is 4.57 Å². The van der Waals surface area contributed by atoms with E-state index in [9.17, 15) is 0 Å². The zero-order valence-electron chi connectivity index (χ0n) is 11.7. The number of fused-ring (bicyclic) bond motifs is 1. The van der Waals surface area contributed by atoms with Crippen molar-refractivity contribution in [2.75, 3.05) is 20.6 Å². The maximum absolute atomic E-state index is 5.45. The number of rotatable bonds is 4. The van der Waals surface area contributed by atoms with Crippen molar-refractivity contribution in [2.24, 2.45) is 0 Å². The lowest BCUT2D eigenvalue weighted by atomic mass is 10.3. The van der Waals surface area contributed by atoms with Crippen molar-refractivity contribution in [2.45, 2.75) is 33.4 Å². The number of nitrogens with one attached hydrogen (secondary N) is 1. The fourth-order valence-electron chi connectivity index (χ4n) is 2.46. The van der Waals surface area contributed by atoms with Gasteiger partial charge in [0.1, 0.15) is 5.52 Å². The minimum absolute atomic E-state index is 0.322. The topological polar surface area (TPSA) is 41.8 Å². The lowest BCUT2D eigenvalue weighted by molar-refractivity contribution is 0.337. The quantitative estimate of drug-likeness (QED) is 0.865. The number of aryl methyl sites for hydroxylation is 2. The van der Waals surface area contributed by atoms with Crippen molar-refractivity contribution in [1.29, 1.82) is 0 Å². The Hall–Kier alpha value is -1.14. The third-order valence-electron chi connectivity index (χ3n) is 3.15. The molecular formula is C12H21N5S. The van der Waals surface area contributed by atoms with Gasteiger partial charge < -0.3 is 9.88 Å². The SMILES string of the molecule is CCn1nc(C)c2[nH]c(=S)n(C(C)CN(C)C)c21. The largest absolute Gasteiger partial charge is 0.328 e. The first kappa shape index (κ1) is 13.3. The third-order valence-corrected chi connectivity index (χ3v) is 3.45. The first-order chi connectivity index (χ1) is 8.45. The Labute approximate surface area is 112 Å². The number of hydrogen-bond donors (Lipinski definition) is 1. The van der Waals surface area contributed by atoms with Gasteiger partial charge in [-0.1, -0.05) is 0 Å². The molecule has 2 aromatic rings. The monoisotopic (exact) mass is 267 g/mol. The Kier molecular flexibility index (Phi) is 3.59. The molecular weight excluding hydrogens is 246 g/mol. The van der Waals surface area contributed by atoms with Gasteiger partial charge in [0.05, 0.1) is 5.69 Å². The molecule has 2 aromatic heterocycles. The maximum Gasteiger partial charge on any atom is 0.179 e. The van der Waals surface area contributed by atoms with Gasteiger partial charge in [-0.2, -0.15) is 5.10 Å². The molecule has 0 radical (unpaired) electrons. The minimum Gasteiger partial charge on any atom is -0.328 e. The molecule has 0 saturated heterocycles. The highest BCUT2D eigenvalue weighted by Gasteiger charge is 2.17. The van der Waals surface area contributed by atoms with Crippen molar-refractivity contribution >= 4 is 23.4 Å². The summed E-state index contributed by atoms with van der Waals surface area (Å²) in [5.74, 6) is 0. The summed E-state index contributed by atoms with van der Waals surface area (Å²) in [6, 6.07) is 0.322. The highest BCUT2D eigenvalue weighted by molar-refractivity contribution is 7.71. The van der Waals surface area contributed by atoms with Gasteiger partial charge in [0.15, 0.2) is 10.4 Å². The summed E-state index contributed by atoms with van der Waals surface area (Å²) < 4.78 is 4.97. The van der Waals surface area contributed by atoms with Crippen LogP contribution < -0.4 is 0 Å². The summed E-state index contributed by atoms with van der Waals surface area (Å²) in [4.78, 5) is 5.45. The molecule has 18 heavy (non-hydrogen) atoms. The van der Waals surface area contributed by atoms with Crippen molar-refractivity contribution < 1.29 is 0 Å². The second-order valence-electron chi connectivity index (χ2n) is 5.01. The number of imidazole rings is 1. The van der Waals surface area contributed by atoms with Gasteiger partial charge in [0, 0.05) is 19.1 Å². The molecule has 1 unspecified atom stereocenters. The molecule has 0 saturated carbocycles. The van der Waals surface area contributed by atoms with Gasteiger partial charge in [-0.15, -0.1) is 0 Å². The molecule has 5 nitrogen and oxygen atoms in total. The average molecular weight is 267 g/mol. The fourth-order valence-corrected chi connectivity index (χ4v) is 2.83. The zero-order valence-corrected chi connectivity index (χ0v) is 12.5. The van der Waals surface area contributed by atoms with E-state index >= 15 is 0 Å². The van der Waals surface area contributed by atoms with E-state index in [1.54, 1.807) is 0 Å². The number of nitrogens with zero attached hydrogens (tertiary/aromatic N) is 4. The Morgan fingerprint density at radius 1 is 1.44 bits per heavy atom. The van der Waals surface area contributed by atoms with Crippen LogP contribution >= 0.6 is 12.2 Å². The number of aromatic amines is 1. The number of aromatic nitrogens is 4. The van der Waals surface area contributed by atoms with E-state index in [0.29, 0.717) is 6.04 Å². The molecule has 2 rings (SSSR count). The molecule has 0 aliphatic carbocycles. The van der Waals surface area contributed by atoms with Crippen molar-refractivity contribution in [3.63, 3.8) is 0 Å². The van der Waals surface area contributed by atoms with Crippen LogP contribution in [0.3, 0.4) is 0 Å².